The van der Waals surface area contributed by atoms with E-state index in [1.165, 1.54) is 13.0 Å². The lowest BCUT2D eigenvalue weighted by Gasteiger charge is -2.32. The van der Waals surface area contributed by atoms with Crippen LogP contribution in [0.4, 0.5) is 0 Å². The van der Waals surface area contributed by atoms with E-state index in [1.807, 2.05) is 0 Å². The van der Waals surface area contributed by atoms with Crippen LogP contribution in [0, 0.1) is 29.6 Å². The molecule has 1 saturated heterocycles. The van der Waals surface area contributed by atoms with E-state index >= 15 is 0 Å². The zero-order valence-corrected chi connectivity index (χ0v) is 8.79. The molecule has 3 rings (SSSR count). The van der Waals surface area contributed by atoms with Crippen molar-refractivity contribution in [3.8, 4) is 0 Å². The molecule has 0 aromatic heterocycles. The Hall–Kier alpha value is -0.0400. The van der Waals surface area contributed by atoms with Gasteiger partial charge in [-0.05, 0) is 49.0 Å². The molecule has 2 saturated carbocycles. The van der Waals surface area contributed by atoms with Gasteiger partial charge < -0.3 is 5.32 Å². The monoisotopic (exact) mass is 179 g/mol. The molecule has 6 unspecified atom stereocenters. The maximum absolute atomic E-state index is 3.78. The van der Waals surface area contributed by atoms with Gasteiger partial charge in [0.2, 0.25) is 0 Å². The summed E-state index contributed by atoms with van der Waals surface area (Å²) in [5.41, 5.74) is 0. The number of rotatable bonds is 2. The molecular formula is C12H21N. The fourth-order valence-electron chi connectivity index (χ4n) is 4.44. The van der Waals surface area contributed by atoms with E-state index in [4.69, 9.17) is 0 Å². The van der Waals surface area contributed by atoms with Gasteiger partial charge in [0.1, 0.15) is 0 Å². The zero-order chi connectivity index (χ0) is 9.00. The summed E-state index contributed by atoms with van der Waals surface area (Å²) in [4.78, 5) is 0. The lowest BCUT2D eigenvalue weighted by Crippen LogP contribution is -2.36. The molecule has 0 aromatic rings. The van der Waals surface area contributed by atoms with Gasteiger partial charge in [0.25, 0.3) is 0 Å². The number of nitrogens with one attached hydrogen (secondary N) is 1. The van der Waals surface area contributed by atoms with Gasteiger partial charge in [0.05, 0.1) is 0 Å². The number of fused-ring (bicyclic) bond motifs is 1. The van der Waals surface area contributed by atoms with Gasteiger partial charge in [-0.1, -0.05) is 20.3 Å². The molecule has 3 fully saturated rings. The fraction of sp³-hybridized carbons (Fsp3) is 1.00. The Morgan fingerprint density at radius 3 is 2.92 bits per heavy atom. The van der Waals surface area contributed by atoms with Crippen LogP contribution >= 0.6 is 0 Å². The Kier molecular flexibility index (Phi) is 1.74. The largest absolute Gasteiger partial charge is 0.313 e. The Labute approximate surface area is 81.3 Å². The van der Waals surface area contributed by atoms with Gasteiger partial charge in [-0.3, -0.25) is 0 Å². The quantitative estimate of drug-likeness (QED) is 0.685. The standard InChI is InChI=1S/C12H21N/c1-3-7(2)11-8-4-9-6-13-12(11)10(9)5-8/h7-13H,3-6H2,1-2H3. The minimum atomic E-state index is 0.915. The molecule has 1 heteroatoms. The summed E-state index contributed by atoms with van der Waals surface area (Å²) < 4.78 is 0. The summed E-state index contributed by atoms with van der Waals surface area (Å²) in [6, 6.07) is 0.915. The summed E-state index contributed by atoms with van der Waals surface area (Å²) in [7, 11) is 0. The van der Waals surface area contributed by atoms with Crippen molar-refractivity contribution in [1.29, 1.82) is 0 Å². The topological polar surface area (TPSA) is 12.0 Å². The zero-order valence-electron chi connectivity index (χ0n) is 8.79. The third kappa shape index (κ3) is 0.971. The Bertz CT molecular complexity index is 211. The minimum absolute atomic E-state index is 0.915. The van der Waals surface area contributed by atoms with Crippen molar-refractivity contribution in [3.05, 3.63) is 0 Å². The summed E-state index contributed by atoms with van der Waals surface area (Å²) in [6.45, 7) is 6.14. The fourth-order valence-corrected chi connectivity index (χ4v) is 4.44. The number of hydrogen-bond donors (Lipinski definition) is 1. The first-order valence-corrected chi connectivity index (χ1v) is 6.04. The maximum Gasteiger partial charge on any atom is 0.0132 e. The Morgan fingerprint density at radius 2 is 2.15 bits per heavy atom. The van der Waals surface area contributed by atoms with Crippen molar-refractivity contribution in [2.45, 2.75) is 39.2 Å². The van der Waals surface area contributed by atoms with E-state index in [-0.39, 0.29) is 0 Å². The van der Waals surface area contributed by atoms with Crippen molar-refractivity contribution in [3.63, 3.8) is 0 Å². The highest BCUT2D eigenvalue weighted by molar-refractivity contribution is 5.09. The molecule has 0 spiro atoms. The van der Waals surface area contributed by atoms with Crippen molar-refractivity contribution in [2.75, 3.05) is 6.54 Å². The average molecular weight is 179 g/mol. The van der Waals surface area contributed by atoms with Crippen LogP contribution in [0.5, 0.6) is 0 Å². The summed E-state index contributed by atoms with van der Waals surface area (Å²) in [5, 5.41) is 3.78. The molecule has 0 amide bonds. The van der Waals surface area contributed by atoms with Crippen LogP contribution < -0.4 is 5.32 Å². The molecule has 1 nitrogen and oxygen atoms in total. The second-order valence-electron chi connectivity index (χ2n) is 5.55. The van der Waals surface area contributed by atoms with Crippen molar-refractivity contribution >= 4 is 0 Å². The van der Waals surface area contributed by atoms with Gasteiger partial charge in [0.15, 0.2) is 0 Å². The van der Waals surface area contributed by atoms with Crippen LogP contribution in [-0.2, 0) is 0 Å². The first-order valence-electron chi connectivity index (χ1n) is 6.04. The van der Waals surface area contributed by atoms with Crippen molar-refractivity contribution in [2.24, 2.45) is 29.6 Å². The van der Waals surface area contributed by atoms with Gasteiger partial charge in [-0.2, -0.15) is 0 Å². The van der Waals surface area contributed by atoms with Crippen LogP contribution in [0.1, 0.15) is 33.1 Å². The third-order valence-corrected chi connectivity index (χ3v) is 5.12. The molecule has 74 valence electrons. The average Bonchev–Trinajstić information content (AvgIpc) is 2.71. The molecule has 2 bridgehead atoms. The summed E-state index contributed by atoms with van der Waals surface area (Å²) in [6.07, 6.45) is 4.47. The van der Waals surface area contributed by atoms with Crippen LogP contribution in [0.3, 0.4) is 0 Å². The molecule has 1 heterocycles. The third-order valence-electron chi connectivity index (χ3n) is 5.12. The predicted octanol–water partition coefficient (Wildman–Crippen LogP) is 2.28. The van der Waals surface area contributed by atoms with E-state index in [9.17, 15) is 0 Å². The van der Waals surface area contributed by atoms with E-state index in [0.29, 0.717) is 0 Å². The van der Waals surface area contributed by atoms with E-state index in [1.54, 1.807) is 12.8 Å². The molecular weight excluding hydrogens is 158 g/mol. The molecule has 0 aromatic carbocycles. The van der Waals surface area contributed by atoms with Crippen LogP contribution in [0.2, 0.25) is 0 Å². The van der Waals surface area contributed by atoms with Crippen molar-refractivity contribution in [1.82, 2.24) is 5.32 Å². The highest BCUT2D eigenvalue weighted by Crippen LogP contribution is 2.56. The van der Waals surface area contributed by atoms with Crippen LogP contribution in [-0.4, -0.2) is 12.6 Å². The lowest BCUT2D eigenvalue weighted by molar-refractivity contribution is 0.198. The Balaban J connectivity index is 1.84. The smallest absolute Gasteiger partial charge is 0.0132 e. The molecule has 13 heavy (non-hydrogen) atoms. The van der Waals surface area contributed by atoms with Gasteiger partial charge >= 0.3 is 0 Å². The lowest BCUT2D eigenvalue weighted by atomic mass is 9.75. The van der Waals surface area contributed by atoms with Crippen molar-refractivity contribution < 1.29 is 0 Å². The molecule has 1 N–H and O–H groups in total. The highest BCUT2D eigenvalue weighted by atomic mass is 15.0. The van der Waals surface area contributed by atoms with Gasteiger partial charge in [0, 0.05) is 6.04 Å². The van der Waals surface area contributed by atoms with Crippen LogP contribution in [0.15, 0.2) is 0 Å². The second-order valence-corrected chi connectivity index (χ2v) is 5.55. The molecule has 2 aliphatic carbocycles. The molecule has 3 aliphatic rings. The molecule has 6 atom stereocenters. The minimum Gasteiger partial charge on any atom is -0.313 e. The van der Waals surface area contributed by atoms with Gasteiger partial charge in [-0.25, -0.2) is 0 Å². The van der Waals surface area contributed by atoms with Gasteiger partial charge in [-0.15, -0.1) is 0 Å². The highest BCUT2D eigenvalue weighted by Gasteiger charge is 2.56. The van der Waals surface area contributed by atoms with E-state index in [2.05, 4.69) is 19.2 Å². The summed E-state index contributed by atoms with van der Waals surface area (Å²) in [5.74, 6) is 5.20. The van der Waals surface area contributed by atoms with E-state index in [0.717, 1.165) is 35.6 Å². The normalized spacial score (nSPS) is 54.5. The Morgan fingerprint density at radius 1 is 1.31 bits per heavy atom. The summed E-state index contributed by atoms with van der Waals surface area (Å²) >= 11 is 0. The van der Waals surface area contributed by atoms with Crippen LogP contribution in [0.25, 0.3) is 0 Å². The maximum atomic E-state index is 3.78. The predicted molar refractivity (Wildman–Crippen MR) is 54.4 cm³/mol. The number of hydrogen-bond acceptors (Lipinski definition) is 1. The van der Waals surface area contributed by atoms with E-state index < -0.39 is 0 Å². The first-order chi connectivity index (χ1) is 6.31. The molecule has 1 aliphatic heterocycles. The first kappa shape index (κ1) is 8.28. The SMILES string of the molecule is CCC(C)C1C2CC3CNC1C3C2. The molecule has 0 radical (unpaired) electrons. The second kappa shape index (κ2) is 2.73.